The topological polar surface area (TPSA) is 30.2 Å². The van der Waals surface area contributed by atoms with Crippen molar-refractivity contribution in [2.45, 2.75) is 14.7 Å². The van der Waals surface area contributed by atoms with Crippen molar-refractivity contribution in [2.75, 3.05) is 0 Å². The fraction of sp³-hybridized carbons (Fsp3) is 0. The van der Waals surface area contributed by atoms with Crippen LogP contribution >= 0.6 is 0 Å². The van der Waals surface area contributed by atoms with E-state index >= 15 is 35.1 Å². The number of hydrogen-bond donors (Lipinski definition) is 0. The number of para-hydroxylation sites is 1. The van der Waals surface area contributed by atoms with Crippen LogP contribution < -0.4 is 27.3 Å². The molecule has 8 aromatic carbocycles. The van der Waals surface area contributed by atoms with Crippen LogP contribution in [0.3, 0.4) is 0 Å². The molecule has 1 heterocycles. The Morgan fingerprint density at radius 3 is 0.890 bits per heavy atom. The summed E-state index contributed by atoms with van der Waals surface area (Å²) in [4.78, 5) is 16.6. The van der Waals surface area contributed by atoms with E-state index in [-0.39, 0.29) is 16.3 Å². The molecular formula is C49H17BF20O2S. The van der Waals surface area contributed by atoms with Crippen LogP contribution in [0.1, 0.15) is 0 Å². The van der Waals surface area contributed by atoms with Crippen LogP contribution in [0.15, 0.2) is 127 Å². The molecule has 0 amide bonds. The zero-order chi connectivity index (χ0) is 53.3. The van der Waals surface area contributed by atoms with Crippen LogP contribution in [0.2, 0.25) is 0 Å². The normalized spacial score (nSPS) is 11.7. The van der Waals surface area contributed by atoms with Crippen LogP contribution in [0.4, 0.5) is 87.8 Å². The van der Waals surface area contributed by atoms with Gasteiger partial charge in [-0.15, -0.1) is 21.9 Å². The van der Waals surface area contributed by atoms with Crippen LogP contribution in [0.25, 0.3) is 21.9 Å². The molecular weight excluding hydrogens is 1040 g/mol. The average Bonchev–Trinajstić information content (AvgIpc) is 3.39. The van der Waals surface area contributed by atoms with E-state index in [1.165, 1.54) is 9.79 Å². The molecule has 0 aliphatic rings. The minimum atomic E-state index is -7.22. The third-order valence-corrected chi connectivity index (χ3v) is 13.7. The maximum atomic E-state index is 15.4. The molecule has 0 N–H and O–H groups in total. The van der Waals surface area contributed by atoms with Crippen molar-refractivity contribution < 1.29 is 92.2 Å². The fourth-order valence-electron chi connectivity index (χ4n) is 8.30. The first-order valence-electron chi connectivity index (χ1n) is 20.0. The van der Waals surface area contributed by atoms with Gasteiger partial charge in [0.2, 0.25) is 5.43 Å². The molecule has 0 radical (unpaired) electrons. The number of hydrogen-bond acceptors (Lipinski definition) is 2. The highest BCUT2D eigenvalue weighted by molar-refractivity contribution is 7.97. The van der Waals surface area contributed by atoms with Gasteiger partial charge >= 0.3 is 0 Å². The van der Waals surface area contributed by atoms with Crippen molar-refractivity contribution in [1.29, 1.82) is 0 Å². The van der Waals surface area contributed by atoms with E-state index in [0.29, 0.717) is 21.9 Å². The van der Waals surface area contributed by atoms with Gasteiger partial charge in [-0.1, -0.05) is 48.5 Å². The van der Waals surface area contributed by atoms with E-state index in [1.807, 2.05) is 48.5 Å². The van der Waals surface area contributed by atoms with Gasteiger partial charge < -0.3 is 4.42 Å². The third kappa shape index (κ3) is 8.01. The lowest BCUT2D eigenvalue weighted by Gasteiger charge is -2.44. The van der Waals surface area contributed by atoms with Gasteiger partial charge in [0.25, 0.3) is 0 Å². The quantitative estimate of drug-likeness (QED) is 0.0398. The SMILES string of the molecule is Fc1c(F)c(F)c([B-](c2c(F)c(F)c(F)c(F)c2F)(c2c(F)c(F)c(F)c(F)c2F)c2c(F)c(F)c(F)c(F)c2F)c(F)c1F.O=c1c2ccccc2oc2ccc([S+](c3ccccc3)c3ccccc3)cc12. The molecule has 374 valence electrons. The molecule has 0 aliphatic heterocycles. The summed E-state index contributed by atoms with van der Waals surface area (Å²) in [5.41, 5.74) is -13.1. The van der Waals surface area contributed by atoms with Gasteiger partial charge in [-0.05, 0) is 48.5 Å². The van der Waals surface area contributed by atoms with E-state index in [2.05, 4.69) is 54.6 Å². The molecule has 0 saturated carbocycles. The molecule has 0 spiro atoms. The molecule has 24 heteroatoms. The van der Waals surface area contributed by atoms with Crippen LogP contribution in [0.5, 0.6) is 0 Å². The Bertz CT molecular complexity index is 3360. The Hall–Kier alpha value is -7.76. The molecule has 1 aromatic heterocycles. The van der Waals surface area contributed by atoms with Crippen molar-refractivity contribution >= 4 is 60.8 Å². The monoisotopic (exact) mass is 1060 g/mol. The number of benzene rings is 8. The second-order valence-electron chi connectivity index (χ2n) is 15.3. The lowest BCUT2D eigenvalue weighted by Crippen LogP contribution is -2.81. The highest BCUT2D eigenvalue weighted by atomic mass is 32.2. The van der Waals surface area contributed by atoms with Crippen molar-refractivity contribution in [3.8, 4) is 0 Å². The Labute approximate surface area is 396 Å². The van der Waals surface area contributed by atoms with E-state index in [0.717, 1.165) is 4.90 Å². The van der Waals surface area contributed by atoms with Gasteiger partial charge in [0, 0.05) is 6.07 Å². The predicted molar refractivity (Wildman–Crippen MR) is 224 cm³/mol. The van der Waals surface area contributed by atoms with Crippen molar-refractivity contribution in [3.63, 3.8) is 0 Å². The first-order chi connectivity index (χ1) is 34.5. The standard InChI is InChI=1S/C25H17O2S.C24BF20/c26-25-21-13-7-8-14-23(21)27-24-16-15-20(17-22(24)25)28(18-9-3-1-4-10-18)19-11-5-2-6-12-19;26-5-1(6(27)14(35)21(42)13(5)34)25(2-7(28)15(36)22(43)16(37)8(2)29,3-9(30)17(38)23(44)18(39)10(3)31)4-11(32)19(40)24(45)20(41)12(4)33/h1-17H;/q+1;-1. The summed E-state index contributed by atoms with van der Waals surface area (Å²) in [6.07, 6.45) is -7.22. The lowest BCUT2D eigenvalue weighted by atomic mass is 9.12. The van der Waals surface area contributed by atoms with E-state index in [9.17, 15) is 57.5 Å². The van der Waals surface area contributed by atoms with Gasteiger partial charge in [-0.2, -0.15) is 0 Å². The lowest BCUT2D eigenvalue weighted by molar-refractivity contribution is 0.378. The smallest absolute Gasteiger partial charge is 0.200 e. The van der Waals surface area contributed by atoms with Crippen LogP contribution in [0, 0.1) is 116 Å². The summed E-state index contributed by atoms with van der Waals surface area (Å²) in [7, 11) is -0.293. The highest BCUT2D eigenvalue weighted by Gasteiger charge is 2.52. The molecule has 0 fully saturated rings. The minimum Gasteiger partial charge on any atom is -0.456 e. The predicted octanol–water partition coefficient (Wildman–Crippen LogP) is 11.9. The summed E-state index contributed by atoms with van der Waals surface area (Å²) in [5.74, 6) is -71.4. The fourth-order valence-corrected chi connectivity index (χ4v) is 10.4. The van der Waals surface area contributed by atoms with E-state index < -0.39 is 144 Å². The molecule has 73 heavy (non-hydrogen) atoms. The molecule has 9 rings (SSSR count). The second kappa shape index (κ2) is 19.3. The maximum Gasteiger partial charge on any atom is 0.200 e. The molecule has 0 unspecified atom stereocenters. The summed E-state index contributed by atoms with van der Waals surface area (Å²) in [6.45, 7) is 0. The summed E-state index contributed by atoms with van der Waals surface area (Å²) < 4.78 is 300. The number of fused-ring (bicyclic) bond motifs is 2. The first kappa shape index (κ1) is 51.6. The van der Waals surface area contributed by atoms with Crippen molar-refractivity contribution in [1.82, 2.24) is 0 Å². The molecule has 0 bridgehead atoms. The van der Waals surface area contributed by atoms with Crippen molar-refractivity contribution in [2.24, 2.45) is 0 Å². The Morgan fingerprint density at radius 2 is 0.562 bits per heavy atom. The van der Waals surface area contributed by atoms with Gasteiger partial charge in [-0.3, -0.25) is 4.79 Å². The molecule has 0 atom stereocenters. The highest BCUT2D eigenvalue weighted by Crippen LogP contribution is 2.34. The number of halogens is 20. The number of rotatable bonds is 7. The van der Waals surface area contributed by atoms with Gasteiger partial charge in [0.1, 0.15) is 63.8 Å². The summed E-state index contributed by atoms with van der Waals surface area (Å²) in [6, 6.07) is 34.2. The summed E-state index contributed by atoms with van der Waals surface area (Å²) in [5, 5.41) is 1.24. The zero-order valence-electron chi connectivity index (χ0n) is 35.2. The third-order valence-electron chi connectivity index (χ3n) is 11.4. The van der Waals surface area contributed by atoms with Crippen molar-refractivity contribution in [3.05, 3.63) is 230 Å². The van der Waals surface area contributed by atoms with Gasteiger partial charge in [0.15, 0.2) is 84.5 Å². The second-order valence-corrected chi connectivity index (χ2v) is 17.3. The zero-order valence-corrected chi connectivity index (χ0v) is 36.0. The largest absolute Gasteiger partial charge is 0.456 e. The Kier molecular flexibility index (Phi) is 13.7. The maximum absolute atomic E-state index is 15.4. The first-order valence-corrected chi connectivity index (χ1v) is 21.3. The van der Waals surface area contributed by atoms with Gasteiger partial charge in [-0.25, -0.2) is 87.8 Å². The van der Waals surface area contributed by atoms with E-state index in [1.54, 1.807) is 0 Å². The van der Waals surface area contributed by atoms with E-state index in [4.69, 9.17) is 4.42 Å². The molecule has 0 aliphatic carbocycles. The summed E-state index contributed by atoms with van der Waals surface area (Å²) >= 11 is 0. The van der Waals surface area contributed by atoms with Gasteiger partial charge in [0.05, 0.1) is 21.7 Å². The Balaban J connectivity index is 0.000000216. The molecule has 9 aromatic rings. The van der Waals surface area contributed by atoms with Crippen LogP contribution in [-0.2, 0) is 10.9 Å². The van der Waals surface area contributed by atoms with Crippen LogP contribution in [-0.4, -0.2) is 6.15 Å². The minimum absolute atomic E-state index is 0.0170. The molecule has 2 nitrogen and oxygen atoms in total. The average molecular weight is 1060 g/mol. The Morgan fingerprint density at radius 1 is 0.288 bits per heavy atom. The molecule has 0 saturated heterocycles.